The highest BCUT2D eigenvalue weighted by atomic mass is 35.5. The Kier molecular flexibility index (Phi) is 18.5. The molecule has 0 aliphatic rings. The van der Waals surface area contributed by atoms with Gasteiger partial charge in [-0.1, -0.05) is 144 Å². The number of aromatic nitrogens is 5. The summed E-state index contributed by atoms with van der Waals surface area (Å²) in [4.78, 5) is 37.9. The number of nitrogens with one attached hydrogen (secondary N) is 2. The first kappa shape index (κ1) is 55.8. The lowest BCUT2D eigenvalue weighted by Crippen LogP contribution is -2.22. The highest BCUT2D eigenvalue weighted by molar-refractivity contribution is 6.48. The largest absolute Gasteiger partial charge is 0.399 e. The van der Waals surface area contributed by atoms with Crippen LogP contribution < -0.4 is 11.1 Å². The van der Waals surface area contributed by atoms with Gasteiger partial charge < -0.3 is 25.2 Å². The Morgan fingerprint density at radius 3 is 1.75 bits per heavy atom. The second-order valence-corrected chi connectivity index (χ2v) is 20.3. The lowest BCUT2D eigenvalue weighted by atomic mass is 10.1. The summed E-state index contributed by atoms with van der Waals surface area (Å²) in [5, 5.41) is 9.48. The number of pyridine rings is 2. The minimum atomic E-state index is -0.677. The normalized spacial score (nSPS) is 10.7. The molecule has 0 spiro atoms. The van der Waals surface area contributed by atoms with Gasteiger partial charge in [0.1, 0.15) is 0 Å². The number of hydrogen-bond donors (Lipinski definition) is 3. The molecule has 0 bridgehead atoms. The molecule has 80 heavy (non-hydrogen) atoms. The number of H-pyrrole nitrogens is 1. The van der Waals surface area contributed by atoms with Gasteiger partial charge in [-0.25, -0.2) is 0 Å². The van der Waals surface area contributed by atoms with Crippen LogP contribution in [-0.4, -0.2) is 35.8 Å². The first-order chi connectivity index (χ1) is 38.8. The van der Waals surface area contributed by atoms with Crippen molar-refractivity contribution in [2.24, 2.45) is 0 Å². The van der Waals surface area contributed by atoms with Crippen LogP contribution >= 0.6 is 34.8 Å². The average Bonchev–Trinajstić information content (AvgIpc) is 4.25. The Hall–Kier alpha value is -8.99. The summed E-state index contributed by atoms with van der Waals surface area (Å²) in [6, 6.07) is 71.2. The zero-order valence-corrected chi connectivity index (χ0v) is 46.7. The Bertz CT molecular complexity index is 4130. The van der Waals surface area contributed by atoms with Crippen molar-refractivity contribution in [1.29, 1.82) is 0 Å². The van der Waals surface area contributed by atoms with E-state index in [1.807, 2.05) is 164 Å². The number of hydrogen-bond acceptors (Lipinski definition) is 5. The number of para-hydroxylation sites is 3. The number of aryl methyl sites for hydroxylation is 3. The van der Waals surface area contributed by atoms with Crippen LogP contribution in [0.15, 0.2) is 237 Å². The molecule has 0 fully saturated rings. The lowest BCUT2D eigenvalue weighted by Gasteiger charge is -2.06. The lowest BCUT2D eigenvalue weighted by molar-refractivity contribution is -0.112. The fourth-order valence-electron chi connectivity index (χ4n) is 8.94. The maximum Gasteiger partial charge on any atom is 0.296 e. The van der Waals surface area contributed by atoms with E-state index in [2.05, 4.69) is 111 Å². The maximum absolute atomic E-state index is 13.1. The van der Waals surface area contributed by atoms with Crippen LogP contribution in [0.1, 0.15) is 44.0 Å². The minimum absolute atomic E-state index is 0.371. The van der Waals surface area contributed by atoms with E-state index in [1.54, 1.807) is 12.3 Å². The summed E-state index contributed by atoms with van der Waals surface area (Å²) in [6.07, 6.45) is 5.82. The third kappa shape index (κ3) is 14.8. The van der Waals surface area contributed by atoms with Gasteiger partial charge in [0.2, 0.25) is 0 Å². The number of amides is 1. The van der Waals surface area contributed by atoms with E-state index < -0.39 is 11.7 Å². The van der Waals surface area contributed by atoms with Crippen LogP contribution in [0.3, 0.4) is 0 Å². The van der Waals surface area contributed by atoms with Gasteiger partial charge in [-0.2, -0.15) is 0 Å². The molecule has 13 rings (SSSR count). The number of ketones is 1. The number of carbonyl (C=O) groups excluding carboxylic acids is 2. The quantitative estimate of drug-likeness (QED) is 0.0605. The third-order valence-electron chi connectivity index (χ3n) is 13.1. The summed E-state index contributed by atoms with van der Waals surface area (Å²) in [5.74, 6) is -0.646. The van der Waals surface area contributed by atoms with Crippen molar-refractivity contribution in [3.63, 3.8) is 0 Å². The van der Waals surface area contributed by atoms with Crippen LogP contribution in [0.2, 0.25) is 10.0 Å². The number of nitrogen functional groups attached to an aromatic ring is 1. The molecule has 0 saturated heterocycles. The van der Waals surface area contributed by atoms with Crippen molar-refractivity contribution >= 4 is 112 Å². The van der Waals surface area contributed by atoms with E-state index in [4.69, 9.17) is 40.5 Å². The van der Waals surface area contributed by atoms with Crippen molar-refractivity contribution < 1.29 is 9.59 Å². The van der Waals surface area contributed by atoms with E-state index in [9.17, 15) is 9.59 Å². The fraction of sp³-hybridized carbons (Fsp3) is 0.0882. The number of nitrogens with zero attached hydrogens (tertiary/aromatic N) is 4. The van der Waals surface area contributed by atoms with Gasteiger partial charge >= 0.3 is 0 Å². The molecule has 5 aromatic heterocycles. The highest BCUT2D eigenvalue weighted by Gasteiger charge is 2.22. The second-order valence-electron chi connectivity index (χ2n) is 19.2. The predicted molar refractivity (Wildman–Crippen MR) is 334 cm³/mol. The van der Waals surface area contributed by atoms with Gasteiger partial charge in [-0.15, -0.1) is 11.6 Å². The second kappa shape index (κ2) is 26.6. The van der Waals surface area contributed by atoms with E-state index in [0.717, 1.165) is 66.9 Å². The number of benzene rings is 8. The molecule has 0 aliphatic heterocycles. The van der Waals surface area contributed by atoms with E-state index >= 15 is 0 Å². The number of aromatic amines is 1. The number of halogens is 3. The molecule has 0 unspecified atom stereocenters. The Labute approximate surface area is 480 Å². The first-order valence-corrected chi connectivity index (χ1v) is 27.2. The van der Waals surface area contributed by atoms with E-state index in [1.165, 1.54) is 38.5 Å². The Morgan fingerprint density at radius 2 is 1.10 bits per heavy atom. The first-order valence-electron chi connectivity index (χ1n) is 26.0. The topological polar surface area (TPSA) is 124 Å². The van der Waals surface area contributed by atoms with Crippen molar-refractivity contribution in [2.45, 2.75) is 39.7 Å². The Balaban J connectivity index is 0.000000136. The molecule has 0 saturated carbocycles. The molecular formula is C68H58Cl3N7O2. The molecular weight excluding hydrogens is 1050 g/mol. The molecule has 1 amide bonds. The van der Waals surface area contributed by atoms with Crippen molar-refractivity contribution in [2.75, 3.05) is 11.1 Å². The van der Waals surface area contributed by atoms with Gasteiger partial charge in [-0.3, -0.25) is 19.6 Å². The monoisotopic (exact) mass is 1110 g/mol. The van der Waals surface area contributed by atoms with Gasteiger partial charge in [0.05, 0.1) is 16.6 Å². The van der Waals surface area contributed by atoms with E-state index in [-0.39, 0.29) is 0 Å². The predicted octanol–water partition coefficient (Wildman–Crippen LogP) is 17.4. The fourth-order valence-corrected chi connectivity index (χ4v) is 9.37. The van der Waals surface area contributed by atoms with Crippen LogP contribution in [0, 0.1) is 20.8 Å². The Morgan fingerprint density at radius 1 is 0.537 bits per heavy atom. The van der Waals surface area contributed by atoms with Crippen LogP contribution in [0.4, 0.5) is 11.4 Å². The molecule has 12 heteroatoms. The van der Waals surface area contributed by atoms with Gasteiger partial charge in [-0.05, 0) is 151 Å². The van der Waals surface area contributed by atoms with Crippen LogP contribution in [-0.2, 0) is 23.8 Å². The third-order valence-corrected chi connectivity index (χ3v) is 13.9. The van der Waals surface area contributed by atoms with Gasteiger partial charge in [0, 0.05) is 103 Å². The summed E-state index contributed by atoms with van der Waals surface area (Å²) >= 11 is 17.5. The number of rotatable bonds is 8. The standard InChI is InChI=1S/C27H20ClN3O2.C15H12ClN.C10H10N2.C8H9Cl.C8H7N/c1-17-6-9-19-14-21(12-13-24(19)29-17)30-27(33)26(32)23-16-31(25-5-3-2-4-22(23)25)15-18-7-10-20(28)11-8-18;16-14-7-5-12(6-8-14)11-17-10-9-13-3-1-2-4-15(13)17;1-7-2-3-8-6-9(11)4-5-10(8)12-7;1-7-2-4-8(6-9)5-3-7;1-2-4-8-7(3-1)5-6-9-8/h2-14,16H,15H2,1H3,(H,30,33);1-10H,11H2;2-6H,11H2,1H3;2-5H,6H2,1H3;1-6,9H. The average molecular weight is 1110 g/mol. The zero-order valence-electron chi connectivity index (χ0n) is 44.5. The molecule has 9 nitrogen and oxygen atoms in total. The number of anilines is 2. The molecule has 398 valence electrons. The molecule has 0 aliphatic carbocycles. The zero-order chi connectivity index (χ0) is 56.0. The minimum Gasteiger partial charge on any atom is -0.399 e. The van der Waals surface area contributed by atoms with Crippen LogP contribution in [0.25, 0.3) is 54.5 Å². The summed E-state index contributed by atoms with van der Waals surface area (Å²) in [7, 11) is 0. The number of fused-ring (bicyclic) bond motifs is 5. The highest BCUT2D eigenvalue weighted by Crippen LogP contribution is 2.26. The van der Waals surface area contributed by atoms with Crippen molar-refractivity contribution in [1.82, 2.24) is 24.1 Å². The van der Waals surface area contributed by atoms with E-state index in [0.29, 0.717) is 28.7 Å². The summed E-state index contributed by atoms with van der Waals surface area (Å²) in [5.41, 5.74) is 19.3. The van der Waals surface area contributed by atoms with Gasteiger partial charge in [0.15, 0.2) is 0 Å². The molecule has 8 aromatic carbocycles. The smallest absolute Gasteiger partial charge is 0.296 e. The molecule has 4 N–H and O–H groups in total. The molecule has 13 aromatic rings. The summed E-state index contributed by atoms with van der Waals surface area (Å²) in [6.45, 7) is 7.42. The SMILES string of the molecule is Cc1ccc(CCl)cc1.Cc1ccc2cc(N)ccc2n1.Cc1ccc2cc(NC(=O)C(=O)c3cn(Cc4ccc(Cl)cc4)c4ccccc34)ccc2n1.Clc1ccc(Cn2ccc3ccccc32)cc1.c1ccc2[nH]ccc2c1. The van der Waals surface area contributed by atoms with Crippen LogP contribution in [0.5, 0.6) is 0 Å². The maximum atomic E-state index is 13.1. The van der Waals surface area contributed by atoms with Crippen molar-refractivity contribution in [3.8, 4) is 0 Å². The molecule has 0 radical (unpaired) electrons. The number of Topliss-reactive ketones (excluding diaryl/α,β-unsaturated/α-hetero) is 1. The number of alkyl halides is 1. The summed E-state index contributed by atoms with van der Waals surface area (Å²) < 4.78 is 4.22. The number of nitrogens with two attached hydrogens (primary N) is 1. The van der Waals surface area contributed by atoms with Crippen molar-refractivity contribution in [3.05, 3.63) is 286 Å². The molecule has 5 heterocycles. The molecule has 0 atom stereocenters. The number of carbonyl (C=O) groups is 2. The van der Waals surface area contributed by atoms with Gasteiger partial charge in [0.25, 0.3) is 11.7 Å².